The summed E-state index contributed by atoms with van der Waals surface area (Å²) in [6, 6.07) is 3.53. The number of amides is 1. The van der Waals surface area contributed by atoms with Crippen molar-refractivity contribution in [3.63, 3.8) is 0 Å². The van der Waals surface area contributed by atoms with Gasteiger partial charge in [0.1, 0.15) is 5.75 Å². The fraction of sp³-hybridized carbons (Fsp3) is 0.364. The number of nitrogens with two attached hydrogens (primary N) is 1. The summed E-state index contributed by atoms with van der Waals surface area (Å²) in [5, 5.41) is 9.23. The van der Waals surface area contributed by atoms with E-state index in [1.807, 2.05) is 0 Å². The van der Waals surface area contributed by atoms with Crippen LogP contribution in [0.2, 0.25) is 0 Å². The molecule has 0 saturated carbocycles. The highest BCUT2D eigenvalue weighted by atomic mass is 32.2. The van der Waals surface area contributed by atoms with Gasteiger partial charge >= 0.3 is 0 Å². The van der Waals surface area contributed by atoms with Gasteiger partial charge in [0.05, 0.1) is 17.1 Å². The van der Waals surface area contributed by atoms with E-state index in [0.29, 0.717) is 6.54 Å². The van der Waals surface area contributed by atoms with E-state index in [4.69, 9.17) is 5.73 Å². The quantitative estimate of drug-likeness (QED) is 0.510. The number of nitrogens with zero attached hydrogens (tertiary/aromatic N) is 1. The van der Waals surface area contributed by atoms with Crippen molar-refractivity contribution in [1.82, 2.24) is 9.62 Å². The summed E-state index contributed by atoms with van der Waals surface area (Å²) >= 11 is 0. The zero-order valence-corrected chi connectivity index (χ0v) is 11.6. The van der Waals surface area contributed by atoms with E-state index in [-0.39, 0.29) is 28.8 Å². The Morgan fingerprint density at radius 2 is 2.11 bits per heavy atom. The second kappa shape index (κ2) is 5.89. The molecule has 0 heterocycles. The Labute approximate surface area is 112 Å². The number of anilines is 1. The van der Waals surface area contributed by atoms with Gasteiger partial charge in [-0.2, -0.15) is 0 Å². The molecule has 0 atom stereocenters. The fourth-order valence-electron chi connectivity index (χ4n) is 1.25. The Balaban J connectivity index is 2.82. The molecule has 0 radical (unpaired) electrons. The molecule has 0 bridgehead atoms. The van der Waals surface area contributed by atoms with Crippen LogP contribution >= 0.6 is 0 Å². The van der Waals surface area contributed by atoms with Crippen LogP contribution in [0.5, 0.6) is 5.75 Å². The van der Waals surface area contributed by atoms with Crippen molar-refractivity contribution < 1.29 is 18.3 Å². The monoisotopic (exact) mass is 287 g/mol. The molecule has 1 aromatic rings. The van der Waals surface area contributed by atoms with Crippen molar-refractivity contribution in [1.29, 1.82) is 0 Å². The summed E-state index contributed by atoms with van der Waals surface area (Å²) in [5.74, 6) is -0.529. The summed E-state index contributed by atoms with van der Waals surface area (Å²) < 4.78 is 26.0. The standard InChI is InChI=1S/C11H17N3O4S/c1-3-14(2)11(16)7-13-19(17,18)8-4-5-10(15)9(12)6-8/h4-6,13,15H,3,7,12H2,1-2H3. The van der Waals surface area contributed by atoms with E-state index in [1.54, 1.807) is 14.0 Å². The average Bonchev–Trinajstić information content (AvgIpc) is 2.38. The third-order valence-corrected chi connectivity index (χ3v) is 4.02. The van der Waals surface area contributed by atoms with Crippen molar-refractivity contribution in [2.75, 3.05) is 25.9 Å². The molecular formula is C11H17N3O4S. The number of aromatic hydroxyl groups is 1. The van der Waals surface area contributed by atoms with Gasteiger partial charge in [0.15, 0.2) is 0 Å². The molecule has 0 aliphatic carbocycles. The summed E-state index contributed by atoms with van der Waals surface area (Å²) in [6.07, 6.45) is 0. The van der Waals surface area contributed by atoms with Crippen molar-refractivity contribution in [2.45, 2.75) is 11.8 Å². The number of sulfonamides is 1. The van der Waals surface area contributed by atoms with Gasteiger partial charge in [-0.25, -0.2) is 13.1 Å². The Kier molecular flexibility index (Phi) is 4.73. The number of hydrogen-bond donors (Lipinski definition) is 3. The Hall–Kier alpha value is -1.80. The number of phenolic OH excluding ortho intramolecular Hbond substituents is 1. The number of hydrogen-bond acceptors (Lipinski definition) is 5. The first-order valence-corrected chi connectivity index (χ1v) is 7.08. The third kappa shape index (κ3) is 3.83. The number of likely N-dealkylation sites (N-methyl/N-ethyl adjacent to an activating group) is 1. The number of nitrogen functional groups attached to an aromatic ring is 1. The molecule has 0 aliphatic heterocycles. The lowest BCUT2D eigenvalue weighted by atomic mass is 10.3. The van der Waals surface area contributed by atoms with E-state index in [2.05, 4.69) is 4.72 Å². The molecule has 0 saturated heterocycles. The maximum atomic E-state index is 11.9. The number of carbonyl (C=O) groups excluding carboxylic acids is 1. The Morgan fingerprint density at radius 3 is 2.63 bits per heavy atom. The lowest BCUT2D eigenvalue weighted by Gasteiger charge is -2.15. The molecule has 0 aliphatic rings. The molecule has 4 N–H and O–H groups in total. The first kappa shape index (κ1) is 15.3. The van der Waals surface area contributed by atoms with Gasteiger partial charge in [0, 0.05) is 13.6 Å². The van der Waals surface area contributed by atoms with Crippen molar-refractivity contribution >= 4 is 21.6 Å². The van der Waals surface area contributed by atoms with Gasteiger partial charge in [-0.3, -0.25) is 4.79 Å². The van der Waals surface area contributed by atoms with Gasteiger partial charge in [-0.15, -0.1) is 0 Å². The normalized spacial score (nSPS) is 11.3. The molecule has 1 rings (SSSR count). The molecule has 1 amide bonds. The van der Waals surface area contributed by atoms with Crippen molar-refractivity contribution in [3.05, 3.63) is 18.2 Å². The van der Waals surface area contributed by atoms with Crippen molar-refractivity contribution in [2.24, 2.45) is 0 Å². The van der Waals surface area contributed by atoms with Crippen LogP contribution in [0.1, 0.15) is 6.92 Å². The van der Waals surface area contributed by atoms with E-state index in [9.17, 15) is 18.3 Å². The minimum atomic E-state index is -3.82. The zero-order chi connectivity index (χ0) is 14.6. The van der Waals surface area contributed by atoms with E-state index in [0.717, 1.165) is 6.07 Å². The number of rotatable bonds is 5. The molecule has 0 unspecified atom stereocenters. The number of benzene rings is 1. The summed E-state index contributed by atoms with van der Waals surface area (Å²) in [4.78, 5) is 12.8. The molecule has 8 heteroatoms. The maximum absolute atomic E-state index is 11.9. The summed E-state index contributed by atoms with van der Waals surface area (Å²) in [5.41, 5.74) is 5.38. The van der Waals surface area contributed by atoms with Crippen LogP contribution in [0, 0.1) is 0 Å². The maximum Gasteiger partial charge on any atom is 0.241 e. The summed E-state index contributed by atoms with van der Waals surface area (Å²) in [7, 11) is -2.25. The van der Waals surface area contributed by atoms with E-state index >= 15 is 0 Å². The van der Waals surface area contributed by atoms with Crippen LogP contribution in [0.15, 0.2) is 23.1 Å². The van der Waals surface area contributed by atoms with Crippen LogP contribution in [-0.4, -0.2) is 44.5 Å². The first-order chi connectivity index (χ1) is 8.77. The Morgan fingerprint density at radius 1 is 1.47 bits per heavy atom. The highest BCUT2D eigenvalue weighted by molar-refractivity contribution is 7.89. The predicted octanol–water partition coefficient (Wildman–Crippen LogP) is -0.269. The molecule has 7 nitrogen and oxygen atoms in total. The minimum Gasteiger partial charge on any atom is -0.506 e. The van der Waals surface area contributed by atoms with Gasteiger partial charge in [0.25, 0.3) is 0 Å². The number of carbonyl (C=O) groups is 1. The number of nitrogens with one attached hydrogen (secondary N) is 1. The van der Waals surface area contributed by atoms with Crippen LogP contribution in [0.25, 0.3) is 0 Å². The minimum absolute atomic E-state index is 0.0418. The second-order valence-corrected chi connectivity index (χ2v) is 5.72. The predicted molar refractivity (Wildman–Crippen MR) is 71.0 cm³/mol. The summed E-state index contributed by atoms with van der Waals surface area (Å²) in [6.45, 7) is 1.95. The molecule has 1 aromatic carbocycles. The van der Waals surface area contributed by atoms with Gasteiger partial charge in [-0.1, -0.05) is 0 Å². The average molecular weight is 287 g/mol. The highest BCUT2D eigenvalue weighted by Gasteiger charge is 2.17. The van der Waals surface area contributed by atoms with Gasteiger partial charge in [0.2, 0.25) is 15.9 Å². The first-order valence-electron chi connectivity index (χ1n) is 5.60. The molecule has 106 valence electrons. The van der Waals surface area contributed by atoms with Crippen molar-refractivity contribution in [3.8, 4) is 5.75 Å². The topological polar surface area (TPSA) is 113 Å². The lowest BCUT2D eigenvalue weighted by Crippen LogP contribution is -2.37. The molecule has 19 heavy (non-hydrogen) atoms. The lowest BCUT2D eigenvalue weighted by molar-refractivity contribution is -0.128. The SMILES string of the molecule is CCN(C)C(=O)CNS(=O)(=O)c1ccc(O)c(N)c1. The smallest absolute Gasteiger partial charge is 0.241 e. The van der Waals surface area contributed by atoms with E-state index < -0.39 is 10.0 Å². The van der Waals surface area contributed by atoms with Crippen LogP contribution in [-0.2, 0) is 14.8 Å². The fourth-order valence-corrected chi connectivity index (χ4v) is 2.26. The largest absolute Gasteiger partial charge is 0.506 e. The van der Waals surface area contributed by atoms with E-state index in [1.165, 1.54) is 17.0 Å². The molecule has 0 spiro atoms. The number of phenols is 1. The molecule has 0 aromatic heterocycles. The highest BCUT2D eigenvalue weighted by Crippen LogP contribution is 2.22. The molecular weight excluding hydrogens is 270 g/mol. The van der Waals surface area contributed by atoms with Crippen LogP contribution in [0.3, 0.4) is 0 Å². The second-order valence-electron chi connectivity index (χ2n) is 3.95. The molecule has 0 fully saturated rings. The Bertz CT molecular complexity index is 571. The van der Waals surface area contributed by atoms with Gasteiger partial charge in [-0.05, 0) is 25.1 Å². The van der Waals surface area contributed by atoms with Crippen LogP contribution in [0.4, 0.5) is 5.69 Å². The zero-order valence-electron chi connectivity index (χ0n) is 10.8. The van der Waals surface area contributed by atoms with Crippen LogP contribution < -0.4 is 10.5 Å². The third-order valence-electron chi connectivity index (χ3n) is 2.62. The van der Waals surface area contributed by atoms with Gasteiger partial charge < -0.3 is 15.7 Å².